The van der Waals surface area contributed by atoms with Crippen LogP contribution in [0.2, 0.25) is 0 Å². The van der Waals surface area contributed by atoms with E-state index in [9.17, 15) is 0 Å². The molecule has 2 heteroatoms. The average molecular weight is 214 g/mol. The minimum absolute atomic E-state index is 0.0241. The molecule has 0 bridgehead atoms. The SMILES string of the molecule is CC1(C)C=CC(C)(C)C=c2nccnc2=C1. The molecule has 16 heavy (non-hydrogen) atoms. The molecule has 0 amide bonds. The molecule has 1 aliphatic carbocycles. The molecule has 1 aromatic heterocycles. The highest BCUT2D eigenvalue weighted by molar-refractivity contribution is 5.42. The zero-order valence-electron chi connectivity index (χ0n) is 10.4. The maximum absolute atomic E-state index is 4.40. The van der Waals surface area contributed by atoms with Crippen molar-refractivity contribution in [2.75, 3.05) is 0 Å². The normalized spacial score (nSPS) is 21.0. The fourth-order valence-electron chi connectivity index (χ4n) is 1.81. The third-order valence-electron chi connectivity index (χ3n) is 2.72. The highest BCUT2D eigenvalue weighted by atomic mass is 14.8. The minimum Gasteiger partial charge on any atom is -0.253 e. The summed E-state index contributed by atoms with van der Waals surface area (Å²) in [6.45, 7) is 8.74. The van der Waals surface area contributed by atoms with Crippen LogP contribution in [0.5, 0.6) is 0 Å². The van der Waals surface area contributed by atoms with E-state index in [1.54, 1.807) is 12.4 Å². The lowest BCUT2D eigenvalue weighted by Crippen LogP contribution is -2.35. The first kappa shape index (κ1) is 11.1. The Morgan fingerprint density at radius 2 is 1.12 bits per heavy atom. The van der Waals surface area contributed by atoms with Crippen LogP contribution in [0.25, 0.3) is 12.2 Å². The first-order valence-electron chi connectivity index (χ1n) is 5.61. The summed E-state index contributed by atoms with van der Waals surface area (Å²) >= 11 is 0. The number of nitrogens with zero attached hydrogens (tertiary/aromatic N) is 2. The Bertz CT molecular complexity index is 487. The van der Waals surface area contributed by atoms with E-state index < -0.39 is 0 Å². The maximum Gasteiger partial charge on any atom is 0.0852 e. The maximum atomic E-state index is 4.40. The van der Waals surface area contributed by atoms with E-state index in [-0.39, 0.29) is 10.8 Å². The Morgan fingerprint density at radius 3 is 1.50 bits per heavy atom. The lowest BCUT2D eigenvalue weighted by atomic mass is 9.84. The van der Waals surface area contributed by atoms with Crippen molar-refractivity contribution in [2.24, 2.45) is 10.8 Å². The Morgan fingerprint density at radius 1 is 0.750 bits per heavy atom. The van der Waals surface area contributed by atoms with E-state index in [4.69, 9.17) is 0 Å². The molecular formula is C14H18N2. The number of allylic oxidation sites excluding steroid dienone is 2. The fraction of sp³-hybridized carbons (Fsp3) is 0.429. The molecular weight excluding hydrogens is 196 g/mol. The average Bonchev–Trinajstić information content (AvgIpc) is 2.17. The van der Waals surface area contributed by atoms with Gasteiger partial charge in [-0.3, -0.25) is 9.97 Å². The molecule has 0 unspecified atom stereocenters. The van der Waals surface area contributed by atoms with Crippen LogP contribution < -0.4 is 10.7 Å². The number of hydrogen-bond acceptors (Lipinski definition) is 2. The Kier molecular flexibility index (Phi) is 2.45. The van der Waals surface area contributed by atoms with Crippen LogP contribution in [0.15, 0.2) is 24.5 Å². The minimum atomic E-state index is 0.0241. The Hall–Kier alpha value is -1.44. The third-order valence-corrected chi connectivity index (χ3v) is 2.72. The summed E-state index contributed by atoms with van der Waals surface area (Å²) < 4.78 is 0. The molecule has 2 rings (SSSR count). The van der Waals surface area contributed by atoms with Gasteiger partial charge < -0.3 is 0 Å². The summed E-state index contributed by atoms with van der Waals surface area (Å²) in [6, 6.07) is 0. The van der Waals surface area contributed by atoms with Crippen molar-refractivity contribution in [2.45, 2.75) is 27.7 Å². The molecule has 0 aliphatic heterocycles. The van der Waals surface area contributed by atoms with E-state index in [0.29, 0.717) is 0 Å². The second-order valence-electron chi connectivity index (χ2n) is 5.59. The van der Waals surface area contributed by atoms with Gasteiger partial charge in [0.2, 0.25) is 0 Å². The van der Waals surface area contributed by atoms with Gasteiger partial charge in [0.05, 0.1) is 10.7 Å². The van der Waals surface area contributed by atoms with E-state index in [0.717, 1.165) is 10.7 Å². The van der Waals surface area contributed by atoms with Gasteiger partial charge in [0, 0.05) is 23.2 Å². The Labute approximate surface area is 96.4 Å². The van der Waals surface area contributed by atoms with Gasteiger partial charge in [0.25, 0.3) is 0 Å². The van der Waals surface area contributed by atoms with Gasteiger partial charge in [0.1, 0.15) is 0 Å². The predicted octanol–water partition coefficient (Wildman–Crippen LogP) is 1.66. The predicted molar refractivity (Wildman–Crippen MR) is 66.9 cm³/mol. The van der Waals surface area contributed by atoms with Crippen molar-refractivity contribution in [3.63, 3.8) is 0 Å². The molecule has 0 fully saturated rings. The molecule has 0 saturated heterocycles. The van der Waals surface area contributed by atoms with Gasteiger partial charge in [-0.05, 0) is 12.2 Å². The van der Waals surface area contributed by atoms with E-state index in [2.05, 4.69) is 62.0 Å². The zero-order valence-corrected chi connectivity index (χ0v) is 10.4. The highest BCUT2D eigenvalue weighted by Gasteiger charge is 2.17. The van der Waals surface area contributed by atoms with Gasteiger partial charge in [-0.1, -0.05) is 39.8 Å². The monoisotopic (exact) mass is 214 g/mol. The molecule has 0 aromatic carbocycles. The van der Waals surface area contributed by atoms with E-state index >= 15 is 0 Å². The van der Waals surface area contributed by atoms with Crippen molar-refractivity contribution < 1.29 is 0 Å². The second kappa shape index (κ2) is 3.55. The van der Waals surface area contributed by atoms with Gasteiger partial charge in [-0.25, -0.2) is 0 Å². The van der Waals surface area contributed by atoms with Gasteiger partial charge in [-0.2, -0.15) is 0 Å². The van der Waals surface area contributed by atoms with Crippen LogP contribution in [-0.4, -0.2) is 9.97 Å². The van der Waals surface area contributed by atoms with Crippen molar-refractivity contribution in [3.8, 4) is 0 Å². The van der Waals surface area contributed by atoms with Crippen LogP contribution in [0.4, 0.5) is 0 Å². The zero-order chi connectivity index (χ0) is 11.8. The standard InChI is InChI=1S/C14H18N2/c1-13(2)5-6-14(3,4)10-12-11(9-13)15-7-8-16-12/h5-10H,1-4H3. The molecule has 2 nitrogen and oxygen atoms in total. The summed E-state index contributed by atoms with van der Waals surface area (Å²) in [4.78, 5) is 8.80. The number of hydrogen-bond donors (Lipinski definition) is 0. The number of aromatic nitrogens is 2. The molecule has 1 heterocycles. The lowest BCUT2D eigenvalue weighted by Gasteiger charge is -2.21. The highest BCUT2D eigenvalue weighted by Crippen LogP contribution is 2.26. The quantitative estimate of drug-likeness (QED) is 0.614. The number of fused-ring (bicyclic) bond motifs is 1. The Balaban J connectivity index is 2.81. The molecule has 84 valence electrons. The van der Waals surface area contributed by atoms with Gasteiger partial charge in [0.15, 0.2) is 0 Å². The smallest absolute Gasteiger partial charge is 0.0852 e. The summed E-state index contributed by atoms with van der Waals surface area (Å²) in [5.74, 6) is 0. The van der Waals surface area contributed by atoms with Crippen molar-refractivity contribution in [1.29, 1.82) is 0 Å². The summed E-state index contributed by atoms with van der Waals surface area (Å²) in [6.07, 6.45) is 12.3. The molecule has 1 aliphatic rings. The lowest BCUT2D eigenvalue weighted by molar-refractivity contribution is 0.614. The van der Waals surface area contributed by atoms with Crippen LogP contribution in [0, 0.1) is 10.8 Å². The summed E-state index contributed by atoms with van der Waals surface area (Å²) in [5.41, 5.74) is 0.0482. The van der Waals surface area contributed by atoms with Crippen LogP contribution >= 0.6 is 0 Å². The molecule has 0 atom stereocenters. The van der Waals surface area contributed by atoms with Crippen molar-refractivity contribution in [1.82, 2.24) is 9.97 Å². The van der Waals surface area contributed by atoms with Crippen LogP contribution in [0.3, 0.4) is 0 Å². The van der Waals surface area contributed by atoms with Gasteiger partial charge in [-0.15, -0.1) is 0 Å². The first-order valence-corrected chi connectivity index (χ1v) is 5.61. The van der Waals surface area contributed by atoms with E-state index in [1.165, 1.54) is 0 Å². The van der Waals surface area contributed by atoms with Crippen molar-refractivity contribution in [3.05, 3.63) is 35.2 Å². The molecule has 1 aromatic rings. The van der Waals surface area contributed by atoms with E-state index in [1.807, 2.05) is 0 Å². The summed E-state index contributed by atoms with van der Waals surface area (Å²) in [7, 11) is 0. The summed E-state index contributed by atoms with van der Waals surface area (Å²) in [5, 5.41) is 1.95. The third kappa shape index (κ3) is 2.38. The number of rotatable bonds is 0. The second-order valence-corrected chi connectivity index (χ2v) is 5.59. The van der Waals surface area contributed by atoms with Crippen LogP contribution in [0.1, 0.15) is 27.7 Å². The molecule has 0 saturated carbocycles. The van der Waals surface area contributed by atoms with Crippen LogP contribution in [-0.2, 0) is 0 Å². The first-order chi connectivity index (χ1) is 7.38. The van der Waals surface area contributed by atoms with Gasteiger partial charge >= 0.3 is 0 Å². The van der Waals surface area contributed by atoms with Crippen molar-refractivity contribution >= 4 is 12.2 Å². The topological polar surface area (TPSA) is 25.8 Å². The molecule has 0 spiro atoms. The fourth-order valence-corrected chi connectivity index (χ4v) is 1.81. The molecule has 0 radical (unpaired) electrons. The molecule has 0 N–H and O–H groups in total. The largest absolute Gasteiger partial charge is 0.253 e.